The Kier molecular flexibility index (Phi) is 7.48. The third kappa shape index (κ3) is 5.05. The van der Waals surface area contributed by atoms with E-state index in [-0.39, 0.29) is 37.4 Å². The molecule has 38 heavy (non-hydrogen) atoms. The van der Waals surface area contributed by atoms with E-state index in [1.807, 2.05) is 11.8 Å². The van der Waals surface area contributed by atoms with Crippen LogP contribution in [-0.2, 0) is 11.2 Å². The van der Waals surface area contributed by atoms with Gasteiger partial charge in [-0.15, -0.1) is 0 Å². The quantitative estimate of drug-likeness (QED) is 0.398. The SMILES string of the molecule is CC1C(F)=C([C@H]2c3[nH]c4cccc(F)c4c3C[C@H](C)N2CC(C)(C)F)C(F)=CC1OCCN1CC(CF)C1. The standard InChI is InChI=1S/C29H36F5N3O/c1-16-10-19-24-20(31)6-5-7-22(24)35-27(19)28(37(16)15-29(3,4)34)25-21(32)11-23(17(2)26(25)33)38-9-8-36-13-18(12-30)14-36/h5-7,11,16-18,23,28,35H,8-10,12-15H2,1-4H3/t16-,17?,23?,28-/m0/s1. The molecule has 0 amide bonds. The molecule has 0 bridgehead atoms. The molecule has 208 valence electrons. The summed E-state index contributed by atoms with van der Waals surface area (Å²) in [6, 6.07) is 3.46. The average molecular weight is 538 g/mol. The number of H-pyrrole nitrogens is 1. The summed E-state index contributed by atoms with van der Waals surface area (Å²) in [5, 5.41) is 0.412. The number of rotatable bonds is 8. The minimum atomic E-state index is -1.62. The van der Waals surface area contributed by atoms with E-state index >= 15 is 8.78 Å². The van der Waals surface area contributed by atoms with E-state index in [4.69, 9.17) is 4.74 Å². The minimum absolute atomic E-state index is 0.0514. The number of nitrogens with one attached hydrogen (secondary N) is 1. The molecule has 0 spiro atoms. The summed E-state index contributed by atoms with van der Waals surface area (Å²) < 4.78 is 80.3. The summed E-state index contributed by atoms with van der Waals surface area (Å²) >= 11 is 0. The molecule has 4 atom stereocenters. The molecule has 2 unspecified atom stereocenters. The van der Waals surface area contributed by atoms with Gasteiger partial charge in [0.2, 0.25) is 0 Å². The molecule has 1 aromatic heterocycles. The predicted octanol–water partition coefficient (Wildman–Crippen LogP) is 6.36. The van der Waals surface area contributed by atoms with Crippen LogP contribution in [0.1, 0.15) is 45.0 Å². The van der Waals surface area contributed by atoms with E-state index in [2.05, 4.69) is 4.98 Å². The van der Waals surface area contributed by atoms with Gasteiger partial charge in [-0.1, -0.05) is 13.0 Å². The van der Waals surface area contributed by atoms with Gasteiger partial charge in [0.15, 0.2) is 0 Å². The zero-order valence-electron chi connectivity index (χ0n) is 22.3. The van der Waals surface area contributed by atoms with Crippen molar-refractivity contribution in [3.05, 3.63) is 58.6 Å². The molecule has 1 aliphatic carbocycles. The van der Waals surface area contributed by atoms with Gasteiger partial charge in [-0.25, -0.2) is 17.6 Å². The van der Waals surface area contributed by atoms with Crippen LogP contribution in [0, 0.1) is 17.7 Å². The molecule has 3 aliphatic rings. The van der Waals surface area contributed by atoms with Gasteiger partial charge < -0.3 is 14.6 Å². The summed E-state index contributed by atoms with van der Waals surface area (Å²) in [5.74, 6) is -2.51. The van der Waals surface area contributed by atoms with Crippen molar-refractivity contribution in [3.63, 3.8) is 0 Å². The molecule has 0 radical (unpaired) electrons. The number of aromatic amines is 1. The number of aromatic nitrogens is 1. The lowest BCUT2D eigenvalue weighted by Gasteiger charge is -2.44. The number of alkyl halides is 2. The van der Waals surface area contributed by atoms with Gasteiger partial charge in [0.25, 0.3) is 0 Å². The Morgan fingerprint density at radius 2 is 1.87 bits per heavy atom. The van der Waals surface area contributed by atoms with Crippen LogP contribution in [-0.4, -0.2) is 72.1 Å². The van der Waals surface area contributed by atoms with Crippen LogP contribution < -0.4 is 0 Å². The predicted molar refractivity (Wildman–Crippen MR) is 138 cm³/mol. The largest absolute Gasteiger partial charge is 0.372 e. The number of hydrogen-bond donors (Lipinski definition) is 1. The first kappa shape index (κ1) is 27.3. The lowest BCUT2D eigenvalue weighted by molar-refractivity contribution is 0.00496. The van der Waals surface area contributed by atoms with E-state index in [1.54, 1.807) is 24.0 Å². The maximum atomic E-state index is 16.1. The molecule has 1 aromatic carbocycles. The van der Waals surface area contributed by atoms with E-state index < -0.39 is 41.2 Å². The van der Waals surface area contributed by atoms with Gasteiger partial charge in [-0.2, -0.15) is 0 Å². The maximum Gasteiger partial charge on any atom is 0.132 e. The number of hydrogen-bond acceptors (Lipinski definition) is 3. The Balaban J connectivity index is 1.47. The fraction of sp³-hybridized carbons (Fsp3) is 0.586. The lowest BCUT2D eigenvalue weighted by atomic mass is 9.82. The summed E-state index contributed by atoms with van der Waals surface area (Å²) in [4.78, 5) is 7.04. The van der Waals surface area contributed by atoms with E-state index in [1.165, 1.54) is 26.0 Å². The first-order valence-electron chi connectivity index (χ1n) is 13.4. The Morgan fingerprint density at radius 1 is 1.13 bits per heavy atom. The first-order valence-corrected chi connectivity index (χ1v) is 13.4. The van der Waals surface area contributed by atoms with Crippen LogP contribution in [0.25, 0.3) is 10.9 Å². The summed E-state index contributed by atoms with van der Waals surface area (Å²) in [7, 11) is 0. The molecule has 1 fully saturated rings. The van der Waals surface area contributed by atoms with Gasteiger partial charge in [-0.3, -0.25) is 9.29 Å². The van der Waals surface area contributed by atoms with Crippen LogP contribution in [0.3, 0.4) is 0 Å². The van der Waals surface area contributed by atoms with Crippen LogP contribution >= 0.6 is 0 Å². The molecule has 4 nitrogen and oxygen atoms in total. The molecule has 1 N–H and O–H groups in total. The van der Waals surface area contributed by atoms with Crippen LogP contribution in [0.15, 0.2) is 41.5 Å². The van der Waals surface area contributed by atoms with Crippen molar-refractivity contribution in [3.8, 4) is 0 Å². The third-order valence-electron chi connectivity index (χ3n) is 8.10. The van der Waals surface area contributed by atoms with E-state index in [0.29, 0.717) is 48.2 Å². The summed E-state index contributed by atoms with van der Waals surface area (Å²) in [6.45, 7) is 8.18. The van der Waals surface area contributed by atoms with Crippen molar-refractivity contribution in [1.29, 1.82) is 0 Å². The minimum Gasteiger partial charge on any atom is -0.372 e. The topological polar surface area (TPSA) is 31.5 Å². The van der Waals surface area contributed by atoms with Gasteiger partial charge >= 0.3 is 0 Å². The van der Waals surface area contributed by atoms with Crippen LogP contribution in [0.5, 0.6) is 0 Å². The monoisotopic (exact) mass is 537 g/mol. The molecule has 5 rings (SSSR count). The van der Waals surface area contributed by atoms with Crippen molar-refractivity contribution < 1.29 is 26.7 Å². The van der Waals surface area contributed by atoms with Crippen molar-refractivity contribution in [1.82, 2.24) is 14.8 Å². The second kappa shape index (κ2) is 10.4. The molecule has 2 aliphatic heterocycles. The average Bonchev–Trinajstić information content (AvgIpc) is 3.18. The number of nitrogens with zero attached hydrogens (tertiary/aromatic N) is 2. The highest BCUT2D eigenvalue weighted by atomic mass is 19.2. The third-order valence-corrected chi connectivity index (χ3v) is 8.10. The number of halogens is 5. The highest BCUT2D eigenvalue weighted by Crippen LogP contribution is 2.48. The maximum absolute atomic E-state index is 16.1. The van der Waals surface area contributed by atoms with E-state index in [0.717, 1.165) is 0 Å². The molecule has 0 saturated carbocycles. The molecule has 3 heterocycles. The smallest absolute Gasteiger partial charge is 0.132 e. The molecular weight excluding hydrogens is 501 g/mol. The number of benzene rings is 1. The molecule has 2 aromatic rings. The zero-order chi connectivity index (χ0) is 27.4. The highest BCUT2D eigenvalue weighted by molar-refractivity contribution is 5.86. The molecular formula is C29H36F5N3O. The Bertz CT molecular complexity index is 1240. The number of ether oxygens (including phenoxy) is 1. The van der Waals surface area contributed by atoms with Crippen molar-refractivity contribution in [2.24, 2.45) is 11.8 Å². The van der Waals surface area contributed by atoms with Crippen molar-refractivity contribution >= 4 is 10.9 Å². The summed E-state index contributed by atoms with van der Waals surface area (Å²) in [6.07, 6.45) is 0.915. The van der Waals surface area contributed by atoms with Gasteiger partial charge in [0.05, 0.1) is 25.4 Å². The van der Waals surface area contributed by atoms with Gasteiger partial charge in [0.1, 0.15) is 23.1 Å². The van der Waals surface area contributed by atoms with Crippen LogP contribution in [0.4, 0.5) is 22.0 Å². The fourth-order valence-electron chi connectivity index (χ4n) is 6.17. The van der Waals surface area contributed by atoms with Crippen molar-refractivity contribution in [2.45, 2.75) is 58.0 Å². The Hall–Kier alpha value is -2.23. The number of likely N-dealkylation sites (tertiary alicyclic amines) is 1. The highest BCUT2D eigenvalue weighted by Gasteiger charge is 2.44. The van der Waals surface area contributed by atoms with Crippen LogP contribution in [0.2, 0.25) is 0 Å². The van der Waals surface area contributed by atoms with Gasteiger partial charge in [-0.05, 0) is 51.0 Å². The van der Waals surface area contributed by atoms with Gasteiger partial charge in [0, 0.05) is 66.2 Å². The fourth-order valence-corrected chi connectivity index (χ4v) is 6.17. The molecule has 9 heteroatoms. The lowest BCUT2D eigenvalue weighted by Crippen LogP contribution is -2.49. The Labute approximate surface area is 220 Å². The summed E-state index contributed by atoms with van der Waals surface area (Å²) in [5.41, 5.74) is -0.0702. The first-order chi connectivity index (χ1) is 18.0. The number of fused-ring (bicyclic) bond motifs is 3. The zero-order valence-corrected chi connectivity index (χ0v) is 22.3. The second-order valence-electron chi connectivity index (χ2n) is 11.7. The van der Waals surface area contributed by atoms with Crippen molar-refractivity contribution in [2.75, 3.05) is 39.5 Å². The Morgan fingerprint density at radius 3 is 2.55 bits per heavy atom. The second-order valence-corrected chi connectivity index (χ2v) is 11.7. The molecule has 1 saturated heterocycles. The van der Waals surface area contributed by atoms with E-state index in [9.17, 15) is 13.2 Å². The normalized spacial score (nSPS) is 27.6.